The van der Waals surface area contributed by atoms with Crippen LogP contribution in [0.1, 0.15) is 27.2 Å². The molecule has 66 valence electrons. The first-order chi connectivity index (χ1) is 5.15. The van der Waals surface area contributed by atoms with Crippen LogP contribution in [-0.4, -0.2) is 6.10 Å². The van der Waals surface area contributed by atoms with Crippen LogP contribution in [0.25, 0.3) is 0 Å². The van der Waals surface area contributed by atoms with Gasteiger partial charge in [-0.1, -0.05) is 0 Å². The Kier molecular flexibility index (Phi) is 5.43. The zero-order valence-corrected chi connectivity index (χ0v) is 9.97. The molecule has 3 heteroatoms. The van der Waals surface area contributed by atoms with Crippen molar-refractivity contribution in [2.75, 3.05) is 0 Å². The standard InChI is InChI=1S/C9H13O.ClH.Ti/c1-6-4-7(2)9(5-6)8(3)10;;/h4,8H,5H2,1-3H3;1H;/q-1;;+2/p-1. The molecule has 0 saturated heterocycles. The fraction of sp³-hybridized carbons (Fsp3) is 0.556. The second-order valence-electron chi connectivity index (χ2n) is 3.14. The third-order valence-corrected chi connectivity index (χ3v) is 2.66. The van der Waals surface area contributed by atoms with Crippen molar-refractivity contribution in [1.29, 1.82) is 0 Å². The average molecular weight is 221 g/mol. The molecule has 1 atom stereocenters. The first-order valence-electron chi connectivity index (χ1n) is 3.84. The quantitative estimate of drug-likeness (QED) is 0.572. The Morgan fingerprint density at radius 2 is 2.08 bits per heavy atom. The monoisotopic (exact) mass is 220 g/mol. The average Bonchev–Trinajstić information content (AvgIpc) is 2.28. The van der Waals surface area contributed by atoms with Gasteiger partial charge in [0.1, 0.15) is 0 Å². The van der Waals surface area contributed by atoms with Crippen molar-refractivity contribution in [3.63, 3.8) is 0 Å². The summed E-state index contributed by atoms with van der Waals surface area (Å²) < 4.78 is 5.26. The van der Waals surface area contributed by atoms with Crippen LogP contribution in [0.3, 0.4) is 0 Å². The summed E-state index contributed by atoms with van der Waals surface area (Å²) in [4.78, 5) is 0. The van der Waals surface area contributed by atoms with E-state index >= 15 is 0 Å². The summed E-state index contributed by atoms with van der Waals surface area (Å²) in [7, 11) is 0. The number of halogens is 1. The van der Waals surface area contributed by atoms with Gasteiger partial charge in [0.2, 0.25) is 0 Å². The minimum atomic E-state index is 0. The zero-order valence-electron chi connectivity index (χ0n) is 7.65. The molecule has 1 aliphatic carbocycles. The Labute approximate surface area is 92.5 Å². The van der Waals surface area contributed by atoms with Gasteiger partial charge in [-0.25, -0.2) is 0 Å². The van der Waals surface area contributed by atoms with E-state index in [0.717, 1.165) is 6.42 Å². The minimum absolute atomic E-state index is 0. The molecule has 0 radical (unpaired) electrons. The summed E-state index contributed by atoms with van der Waals surface area (Å²) >= 11 is 1.76. The first kappa shape index (κ1) is 12.4. The van der Waals surface area contributed by atoms with E-state index in [4.69, 9.17) is 3.32 Å². The van der Waals surface area contributed by atoms with Gasteiger partial charge in [0.15, 0.2) is 0 Å². The van der Waals surface area contributed by atoms with Gasteiger partial charge in [0.05, 0.1) is 0 Å². The number of rotatable bonds is 2. The molecule has 0 aromatic heterocycles. The molecule has 1 unspecified atom stereocenters. The van der Waals surface area contributed by atoms with Crippen LogP contribution in [-0.2, 0) is 24.1 Å². The molecule has 0 heterocycles. The van der Waals surface area contributed by atoms with Gasteiger partial charge in [-0.05, 0) is 0 Å². The Hall–Kier alpha value is 0.444. The van der Waals surface area contributed by atoms with E-state index in [2.05, 4.69) is 26.8 Å². The molecule has 1 nitrogen and oxygen atoms in total. The van der Waals surface area contributed by atoms with Gasteiger partial charge in [-0.3, -0.25) is 0 Å². The molecule has 1 aliphatic rings. The third kappa shape index (κ3) is 2.74. The Balaban J connectivity index is 0.00000121. The fourth-order valence-electron chi connectivity index (χ4n) is 1.49. The van der Waals surface area contributed by atoms with E-state index in [1.807, 2.05) is 0 Å². The Morgan fingerprint density at radius 1 is 1.50 bits per heavy atom. The van der Waals surface area contributed by atoms with E-state index in [9.17, 15) is 0 Å². The Morgan fingerprint density at radius 3 is 2.42 bits per heavy atom. The molecule has 0 aromatic rings. The smallest absolute Gasteiger partial charge is 1.00 e. The molecule has 0 aromatic carbocycles. The predicted molar refractivity (Wildman–Crippen MR) is 41.6 cm³/mol. The summed E-state index contributed by atoms with van der Waals surface area (Å²) in [6.45, 7) is 6.42. The van der Waals surface area contributed by atoms with Crippen molar-refractivity contribution in [1.82, 2.24) is 0 Å². The van der Waals surface area contributed by atoms with Crippen molar-refractivity contribution >= 4 is 0 Å². The Bertz CT molecular complexity index is 221. The van der Waals surface area contributed by atoms with Crippen molar-refractivity contribution in [2.24, 2.45) is 0 Å². The van der Waals surface area contributed by atoms with Gasteiger partial charge in [-0.2, -0.15) is 0 Å². The van der Waals surface area contributed by atoms with Gasteiger partial charge < -0.3 is 12.4 Å². The molecule has 0 N–H and O–H groups in total. The molecule has 0 aliphatic heterocycles. The molecule has 0 spiro atoms. The van der Waals surface area contributed by atoms with Crippen molar-refractivity contribution in [3.8, 4) is 0 Å². The van der Waals surface area contributed by atoms with Gasteiger partial charge >= 0.3 is 80.2 Å². The number of allylic oxidation sites excluding steroid dienone is 3. The van der Waals surface area contributed by atoms with Crippen molar-refractivity contribution < 1.29 is 36.5 Å². The van der Waals surface area contributed by atoms with Crippen molar-refractivity contribution in [3.05, 3.63) is 22.8 Å². The maximum Gasteiger partial charge on any atom is -1.00 e. The molecule has 0 saturated carbocycles. The number of hydrogen-bond acceptors (Lipinski definition) is 1. The SMILES string of the molecule is CC1=CC(C)=C(C(C)[O][Ti+])C1.[Cl-]. The maximum absolute atomic E-state index is 5.26. The largest absolute Gasteiger partial charge is 1.00 e. The topological polar surface area (TPSA) is 9.23 Å². The molecule has 0 fully saturated rings. The van der Waals surface area contributed by atoms with Crippen LogP contribution >= 0.6 is 0 Å². The number of hydrogen-bond donors (Lipinski definition) is 0. The summed E-state index contributed by atoms with van der Waals surface area (Å²) in [6, 6.07) is 0. The van der Waals surface area contributed by atoms with Crippen LogP contribution in [0, 0.1) is 0 Å². The summed E-state index contributed by atoms with van der Waals surface area (Å²) in [5, 5.41) is 0. The summed E-state index contributed by atoms with van der Waals surface area (Å²) in [5.41, 5.74) is 4.27. The third-order valence-electron chi connectivity index (χ3n) is 2.11. The molecule has 0 bridgehead atoms. The van der Waals surface area contributed by atoms with Crippen LogP contribution < -0.4 is 12.4 Å². The van der Waals surface area contributed by atoms with E-state index in [0.29, 0.717) is 0 Å². The van der Waals surface area contributed by atoms with E-state index < -0.39 is 0 Å². The first-order valence-corrected chi connectivity index (χ1v) is 4.48. The molecule has 12 heavy (non-hydrogen) atoms. The maximum atomic E-state index is 5.26. The van der Waals surface area contributed by atoms with Gasteiger partial charge in [0, 0.05) is 0 Å². The van der Waals surface area contributed by atoms with Crippen LogP contribution in [0.4, 0.5) is 0 Å². The second-order valence-corrected chi connectivity index (χ2v) is 3.50. The van der Waals surface area contributed by atoms with E-state index in [-0.39, 0.29) is 18.5 Å². The van der Waals surface area contributed by atoms with Gasteiger partial charge in [0.25, 0.3) is 0 Å². The zero-order chi connectivity index (χ0) is 8.43. The van der Waals surface area contributed by atoms with Crippen molar-refractivity contribution in [2.45, 2.75) is 33.3 Å². The van der Waals surface area contributed by atoms with E-state index in [1.54, 1.807) is 20.8 Å². The normalized spacial score (nSPS) is 18.7. The van der Waals surface area contributed by atoms with E-state index in [1.165, 1.54) is 16.7 Å². The minimum Gasteiger partial charge on any atom is -1.00 e. The molecule has 0 amide bonds. The van der Waals surface area contributed by atoms with Crippen LogP contribution in [0.15, 0.2) is 22.8 Å². The summed E-state index contributed by atoms with van der Waals surface area (Å²) in [6.07, 6.45) is 3.62. The van der Waals surface area contributed by atoms with Gasteiger partial charge in [-0.15, -0.1) is 0 Å². The summed E-state index contributed by atoms with van der Waals surface area (Å²) in [5.74, 6) is 0. The second kappa shape index (κ2) is 5.23. The van der Waals surface area contributed by atoms with Crippen LogP contribution in [0.2, 0.25) is 0 Å². The fourth-order valence-corrected chi connectivity index (χ4v) is 1.71. The predicted octanol–water partition coefficient (Wildman–Crippen LogP) is -0.476. The molecule has 1 rings (SSSR count). The molecular weight excluding hydrogens is 207 g/mol. The van der Waals surface area contributed by atoms with Crippen LogP contribution in [0.5, 0.6) is 0 Å². The molecular formula is C9H13ClOTi.